The molecule has 0 aliphatic rings. The molecule has 2 aromatic carbocycles. The van der Waals surface area contributed by atoms with Gasteiger partial charge in [-0.15, -0.1) is 0 Å². The van der Waals surface area contributed by atoms with E-state index in [1.807, 2.05) is 43.3 Å². The molecule has 27 heavy (non-hydrogen) atoms. The summed E-state index contributed by atoms with van der Waals surface area (Å²) in [4.78, 5) is 0. The highest BCUT2D eigenvalue weighted by molar-refractivity contribution is 9.10. The second-order valence-electron chi connectivity index (χ2n) is 5.73. The van der Waals surface area contributed by atoms with Crippen LogP contribution in [0.15, 0.2) is 40.9 Å². The van der Waals surface area contributed by atoms with Gasteiger partial charge in [0.15, 0.2) is 11.5 Å². The zero-order valence-corrected chi connectivity index (χ0v) is 17.7. The lowest BCUT2D eigenvalue weighted by Crippen LogP contribution is -2.20. The van der Waals surface area contributed by atoms with Crippen LogP contribution in [0.3, 0.4) is 0 Å². The zero-order chi connectivity index (χ0) is 19.5. The summed E-state index contributed by atoms with van der Waals surface area (Å²) in [7, 11) is 0. The van der Waals surface area contributed by atoms with E-state index in [1.54, 1.807) is 0 Å². The molecule has 5 nitrogen and oxygen atoms in total. The average Bonchev–Trinajstić information content (AvgIpc) is 2.65. The van der Waals surface area contributed by atoms with Crippen LogP contribution >= 0.6 is 27.5 Å². The highest BCUT2D eigenvalue weighted by atomic mass is 79.9. The van der Waals surface area contributed by atoms with Crippen molar-refractivity contribution in [1.29, 1.82) is 0 Å². The van der Waals surface area contributed by atoms with Gasteiger partial charge in [0, 0.05) is 23.7 Å². The van der Waals surface area contributed by atoms with Gasteiger partial charge in [-0.25, -0.2) is 0 Å². The van der Waals surface area contributed by atoms with Crippen LogP contribution in [0.1, 0.15) is 18.1 Å². The van der Waals surface area contributed by atoms with E-state index < -0.39 is 0 Å². The fraction of sp³-hybridized carbons (Fsp3) is 0.400. The van der Waals surface area contributed by atoms with E-state index in [0.717, 1.165) is 15.6 Å². The van der Waals surface area contributed by atoms with E-state index in [-0.39, 0.29) is 6.61 Å². The van der Waals surface area contributed by atoms with Crippen LogP contribution in [0.2, 0.25) is 5.02 Å². The van der Waals surface area contributed by atoms with Crippen molar-refractivity contribution in [3.05, 3.63) is 57.0 Å². The van der Waals surface area contributed by atoms with Crippen LogP contribution in [-0.2, 0) is 17.9 Å². The fourth-order valence-electron chi connectivity index (χ4n) is 2.44. The normalized spacial score (nSPS) is 10.8. The molecule has 0 spiro atoms. The summed E-state index contributed by atoms with van der Waals surface area (Å²) < 4.78 is 17.8. The van der Waals surface area contributed by atoms with Crippen molar-refractivity contribution in [3.63, 3.8) is 0 Å². The van der Waals surface area contributed by atoms with Crippen molar-refractivity contribution < 1.29 is 19.3 Å². The molecular weight excluding hydrogens is 434 g/mol. The maximum absolute atomic E-state index is 8.69. The molecule has 0 aromatic heterocycles. The summed E-state index contributed by atoms with van der Waals surface area (Å²) >= 11 is 9.79. The molecular formula is C20H25BrClNO4. The Morgan fingerprint density at radius 2 is 1.96 bits per heavy atom. The Bertz CT molecular complexity index is 714. The minimum absolute atomic E-state index is 0.0420. The number of nitrogens with one attached hydrogen (secondary N) is 1. The highest BCUT2D eigenvalue weighted by Crippen LogP contribution is 2.37. The van der Waals surface area contributed by atoms with E-state index >= 15 is 0 Å². The SMILES string of the molecule is CCOc1cc(CNCCOCCO)cc(Br)c1OCc1ccccc1Cl. The zero-order valence-electron chi connectivity index (χ0n) is 15.3. The average molecular weight is 459 g/mol. The third kappa shape index (κ3) is 7.31. The lowest BCUT2D eigenvalue weighted by Gasteiger charge is -2.16. The molecule has 0 saturated carbocycles. The maximum Gasteiger partial charge on any atom is 0.175 e. The molecule has 0 radical (unpaired) electrons. The molecule has 0 bridgehead atoms. The smallest absolute Gasteiger partial charge is 0.175 e. The predicted molar refractivity (Wildman–Crippen MR) is 111 cm³/mol. The molecule has 148 valence electrons. The van der Waals surface area contributed by atoms with Gasteiger partial charge in [-0.1, -0.05) is 29.8 Å². The Kier molecular flexibility index (Phi) is 9.94. The molecule has 0 aliphatic heterocycles. The first kappa shape index (κ1) is 22.0. The lowest BCUT2D eigenvalue weighted by molar-refractivity contribution is 0.0938. The van der Waals surface area contributed by atoms with Gasteiger partial charge < -0.3 is 24.6 Å². The quantitative estimate of drug-likeness (QED) is 0.467. The van der Waals surface area contributed by atoms with Crippen LogP contribution < -0.4 is 14.8 Å². The van der Waals surface area contributed by atoms with Crippen molar-refractivity contribution in [3.8, 4) is 11.5 Å². The first-order valence-corrected chi connectivity index (χ1v) is 10.0. The summed E-state index contributed by atoms with van der Waals surface area (Å²) in [6.45, 7) is 5.17. The number of rotatable bonds is 12. The monoisotopic (exact) mass is 457 g/mol. The van der Waals surface area contributed by atoms with Gasteiger partial charge in [-0.05, 0) is 46.6 Å². The van der Waals surface area contributed by atoms with Gasteiger partial charge in [-0.2, -0.15) is 0 Å². The van der Waals surface area contributed by atoms with E-state index in [0.29, 0.717) is 56.0 Å². The van der Waals surface area contributed by atoms with Crippen LogP contribution in [0.4, 0.5) is 0 Å². The molecule has 0 unspecified atom stereocenters. The number of aliphatic hydroxyl groups is 1. The first-order chi connectivity index (χ1) is 13.2. The van der Waals surface area contributed by atoms with Gasteiger partial charge in [0.25, 0.3) is 0 Å². The Hall–Kier alpha value is -1.31. The number of hydrogen-bond acceptors (Lipinski definition) is 5. The standard InChI is InChI=1S/C20H25BrClNO4/c1-2-26-19-12-15(13-23-7-9-25-10-8-24)11-17(21)20(19)27-14-16-5-3-4-6-18(16)22/h3-6,11-12,23-24H,2,7-10,13-14H2,1H3. The van der Waals surface area contributed by atoms with E-state index in [4.69, 9.17) is 30.9 Å². The van der Waals surface area contributed by atoms with Crippen LogP contribution in [-0.4, -0.2) is 38.1 Å². The van der Waals surface area contributed by atoms with Gasteiger partial charge >= 0.3 is 0 Å². The first-order valence-electron chi connectivity index (χ1n) is 8.86. The molecule has 2 aromatic rings. The Morgan fingerprint density at radius 1 is 1.15 bits per heavy atom. The van der Waals surface area contributed by atoms with E-state index in [9.17, 15) is 0 Å². The number of benzene rings is 2. The summed E-state index contributed by atoms with van der Waals surface area (Å²) in [6, 6.07) is 11.6. The lowest BCUT2D eigenvalue weighted by atomic mass is 10.2. The maximum atomic E-state index is 8.69. The van der Waals surface area contributed by atoms with E-state index in [1.165, 1.54) is 0 Å². The second-order valence-corrected chi connectivity index (χ2v) is 6.99. The van der Waals surface area contributed by atoms with Crippen molar-refractivity contribution in [2.45, 2.75) is 20.1 Å². The van der Waals surface area contributed by atoms with E-state index in [2.05, 4.69) is 21.2 Å². The van der Waals surface area contributed by atoms with Crippen molar-refractivity contribution in [1.82, 2.24) is 5.32 Å². The predicted octanol–water partition coefficient (Wildman–Crippen LogP) is 4.18. The molecule has 0 saturated heterocycles. The Balaban J connectivity index is 2.01. The summed E-state index contributed by atoms with van der Waals surface area (Å²) in [5.41, 5.74) is 1.99. The van der Waals surface area contributed by atoms with Gasteiger partial charge in [-0.3, -0.25) is 0 Å². The summed E-state index contributed by atoms with van der Waals surface area (Å²) in [5, 5.41) is 12.7. The molecule has 0 aliphatic carbocycles. The third-order valence-electron chi connectivity index (χ3n) is 3.69. The second kappa shape index (κ2) is 12.2. The molecule has 0 atom stereocenters. The topological polar surface area (TPSA) is 60.0 Å². The fourth-order valence-corrected chi connectivity index (χ4v) is 3.23. The van der Waals surface area contributed by atoms with Gasteiger partial charge in [0.2, 0.25) is 0 Å². The van der Waals surface area contributed by atoms with Crippen LogP contribution in [0.25, 0.3) is 0 Å². The molecule has 0 amide bonds. The van der Waals surface area contributed by atoms with Gasteiger partial charge in [0.05, 0.1) is 30.9 Å². The Labute approximate surface area is 173 Å². The number of ether oxygens (including phenoxy) is 3. The number of aliphatic hydroxyl groups excluding tert-OH is 1. The summed E-state index contributed by atoms with van der Waals surface area (Å²) in [6.07, 6.45) is 0. The molecule has 0 fully saturated rings. The third-order valence-corrected chi connectivity index (χ3v) is 4.64. The minimum atomic E-state index is 0.0420. The number of halogens is 2. The van der Waals surface area contributed by atoms with Crippen LogP contribution in [0.5, 0.6) is 11.5 Å². The molecule has 0 heterocycles. The molecule has 2 rings (SSSR count). The van der Waals surface area contributed by atoms with Crippen molar-refractivity contribution >= 4 is 27.5 Å². The minimum Gasteiger partial charge on any atom is -0.490 e. The number of hydrogen-bond donors (Lipinski definition) is 2. The van der Waals surface area contributed by atoms with Crippen molar-refractivity contribution in [2.75, 3.05) is 33.0 Å². The highest BCUT2D eigenvalue weighted by Gasteiger charge is 2.13. The van der Waals surface area contributed by atoms with Gasteiger partial charge in [0.1, 0.15) is 6.61 Å². The Morgan fingerprint density at radius 3 is 2.70 bits per heavy atom. The molecule has 2 N–H and O–H groups in total. The largest absolute Gasteiger partial charge is 0.490 e. The van der Waals surface area contributed by atoms with Crippen molar-refractivity contribution in [2.24, 2.45) is 0 Å². The summed E-state index contributed by atoms with van der Waals surface area (Å²) in [5.74, 6) is 1.35. The molecule has 7 heteroatoms. The van der Waals surface area contributed by atoms with Crippen LogP contribution in [0, 0.1) is 0 Å².